The van der Waals surface area contributed by atoms with E-state index in [1.54, 1.807) is 13.0 Å². The molecule has 1 rings (SSSR count). The van der Waals surface area contributed by atoms with Crippen LogP contribution in [0.3, 0.4) is 0 Å². The molecule has 1 aromatic rings. The summed E-state index contributed by atoms with van der Waals surface area (Å²) in [7, 11) is 0. The summed E-state index contributed by atoms with van der Waals surface area (Å²) < 4.78 is 0. The van der Waals surface area contributed by atoms with Crippen LogP contribution in [-0.4, -0.2) is 16.1 Å². The molecule has 1 heterocycles. The summed E-state index contributed by atoms with van der Waals surface area (Å²) in [5, 5.41) is 17.1. The lowest BCUT2D eigenvalue weighted by molar-refractivity contribution is -0.138. The molecule has 0 saturated heterocycles. The van der Waals surface area contributed by atoms with Crippen LogP contribution in [0.5, 0.6) is 0 Å². The van der Waals surface area contributed by atoms with Gasteiger partial charge in [0.05, 0.1) is 5.92 Å². The average molecular weight is 176 g/mol. The highest BCUT2D eigenvalue weighted by Crippen LogP contribution is 2.13. The van der Waals surface area contributed by atoms with Crippen LogP contribution in [0.15, 0.2) is 18.3 Å². The number of carbonyl (C=O) groups is 1. The van der Waals surface area contributed by atoms with Gasteiger partial charge >= 0.3 is 5.97 Å². The Labute approximate surface area is 75.5 Å². The van der Waals surface area contributed by atoms with Crippen LogP contribution in [0.1, 0.15) is 24.1 Å². The van der Waals surface area contributed by atoms with Crippen molar-refractivity contribution in [3.05, 3.63) is 29.6 Å². The Balaban J connectivity index is 2.93. The largest absolute Gasteiger partial charge is 0.481 e. The summed E-state index contributed by atoms with van der Waals surface area (Å²) in [6.07, 6.45) is 1.41. The van der Waals surface area contributed by atoms with E-state index in [1.807, 2.05) is 6.07 Å². The zero-order valence-electron chi connectivity index (χ0n) is 7.06. The molecule has 0 fully saturated rings. The van der Waals surface area contributed by atoms with Crippen LogP contribution in [0, 0.1) is 11.3 Å². The molecule has 0 aliphatic heterocycles. The molecule has 0 bridgehead atoms. The smallest absolute Gasteiger partial charge is 0.310 e. The molecule has 4 nitrogen and oxygen atoms in total. The normalized spacial score (nSPS) is 11.7. The first-order valence-electron chi connectivity index (χ1n) is 3.74. The van der Waals surface area contributed by atoms with E-state index in [0.29, 0.717) is 11.3 Å². The molecule has 0 spiro atoms. The molecule has 0 amide bonds. The maximum absolute atomic E-state index is 10.6. The number of hydrogen-bond donors (Lipinski definition) is 1. The number of aliphatic carboxylic acids is 1. The minimum Gasteiger partial charge on any atom is -0.481 e. The molecule has 4 heteroatoms. The number of pyridine rings is 1. The molecule has 1 unspecified atom stereocenters. The molecule has 1 atom stereocenters. The minimum absolute atomic E-state index is 0.293. The third-order valence-corrected chi connectivity index (χ3v) is 1.77. The van der Waals surface area contributed by atoms with Gasteiger partial charge in [0.25, 0.3) is 0 Å². The van der Waals surface area contributed by atoms with Gasteiger partial charge in [-0.05, 0) is 18.6 Å². The standard InChI is InChI=1S/C9H8N2O2/c1-6(9(12)13)7-2-3-8(4-10)11-5-7/h2-3,5-6H,1H3,(H,12,13). The quantitative estimate of drug-likeness (QED) is 0.733. The van der Waals surface area contributed by atoms with E-state index in [9.17, 15) is 4.79 Å². The Kier molecular flexibility index (Phi) is 2.60. The number of nitriles is 1. The lowest BCUT2D eigenvalue weighted by Gasteiger charge is -2.04. The van der Waals surface area contributed by atoms with Crippen molar-refractivity contribution in [3.8, 4) is 6.07 Å². The lowest BCUT2D eigenvalue weighted by Crippen LogP contribution is -2.07. The van der Waals surface area contributed by atoms with Crippen molar-refractivity contribution < 1.29 is 9.90 Å². The first kappa shape index (κ1) is 9.20. The van der Waals surface area contributed by atoms with E-state index >= 15 is 0 Å². The zero-order chi connectivity index (χ0) is 9.84. The van der Waals surface area contributed by atoms with Gasteiger partial charge in [0.2, 0.25) is 0 Å². The van der Waals surface area contributed by atoms with Crippen molar-refractivity contribution >= 4 is 5.97 Å². The highest BCUT2D eigenvalue weighted by atomic mass is 16.4. The monoisotopic (exact) mass is 176 g/mol. The second kappa shape index (κ2) is 3.68. The van der Waals surface area contributed by atoms with Crippen LogP contribution >= 0.6 is 0 Å². The molecule has 66 valence electrons. The van der Waals surface area contributed by atoms with Crippen molar-refractivity contribution in [1.29, 1.82) is 5.26 Å². The molecule has 0 aliphatic carbocycles. The van der Waals surface area contributed by atoms with Gasteiger partial charge in [-0.2, -0.15) is 5.26 Å². The van der Waals surface area contributed by atoms with Gasteiger partial charge in [-0.3, -0.25) is 4.79 Å². The van der Waals surface area contributed by atoms with Crippen LogP contribution < -0.4 is 0 Å². The second-order valence-corrected chi connectivity index (χ2v) is 2.65. The SMILES string of the molecule is CC(C(=O)O)c1ccc(C#N)nc1. The number of rotatable bonds is 2. The minimum atomic E-state index is -0.897. The fraction of sp³-hybridized carbons (Fsp3) is 0.222. The van der Waals surface area contributed by atoms with Gasteiger partial charge in [-0.15, -0.1) is 0 Å². The summed E-state index contributed by atoms with van der Waals surface area (Å²) in [5.74, 6) is -1.48. The predicted octanol–water partition coefficient (Wildman–Crippen LogP) is 1.14. The van der Waals surface area contributed by atoms with Crippen molar-refractivity contribution in [2.75, 3.05) is 0 Å². The van der Waals surface area contributed by atoms with Crippen LogP contribution in [-0.2, 0) is 4.79 Å². The van der Waals surface area contributed by atoms with Crippen molar-refractivity contribution in [2.24, 2.45) is 0 Å². The Morgan fingerprint density at radius 2 is 2.38 bits per heavy atom. The Morgan fingerprint density at radius 3 is 2.77 bits per heavy atom. The van der Waals surface area contributed by atoms with Gasteiger partial charge in [0, 0.05) is 6.20 Å². The number of aromatic nitrogens is 1. The van der Waals surface area contributed by atoms with Gasteiger partial charge in [-0.25, -0.2) is 4.98 Å². The van der Waals surface area contributed by atoms with E-state index in [0.717, 1.165) is 0 Å². The lowest BCUT2D eigenvalue weighted by atomic mass is 10.0. The van der Waals surface area contributed by atoms with E-state index < -0.39 is 11.9 Å². The topological polar surface area (TPSA) is 74.0 Å². The van der Waals surface area contributed by atoms with E-state index in [4.69, 9.17) is 10.4 Å². The highest BCUT2D eigenvalue weighted by Gasteiger charge is 2.13. The maximum atomic E-state index is 10.6. The Morgan fingerprint density at radius 1 is 1.69 bits per heavy atom. The summed E-state index contributed by atoms with van der Waals surface area (Å²) in [6.45, 7) is 1.57. The molecule has 13 heavy (non-hydrogen) atoms. The van der Waals surface area contributed by atoms with E-state index in [1.165, 1.54) is 12.3 Å². The molecular formula is C9H8N2O2. The van der Waals surface area contributed by atoms with Gasteiger partial charge < -0.3 is 5.11 Å². The van der Waals surface area contributed by atoms with Crippen molar-refractivity contribution in [1.82, 2.24) is 4.98 Å². The second-order valence-electron chi connectivity index (χ2n) is 2.65. The van der Waals surface area contributed by atoms with Crippen LogP contribution in [0.25, 0.3) is 0 Å². The van der Waals surface area contributed by atoms with E-state index in [-0.39, 0.29) is 0 Å². The summed E-state index contributed by atoms with van der Waals surface area (Å²) in [6, 6.07) is 4.97. The third kappa shape index (κ3) is 2.03. The van der Waals surface area contributed by atoms with E-state index in [2.05, 4.69) is 4.98 Å². The predicted molar refractivity (Wildman–Crippen MR) is 45.0 cm³/mol. The molecule has 0 aliphatic rings. The first-order chi connectivity index (χ1) is 6.15. The molecule has 1 aromatic heterocycles. The third-order valence-electron chi connectivity index (χ3n) is 1.77. The number of nitrogens with zero attached hydrogens (tertiary/aromatic N) is 2. The van der Waals surface area contributed by atoms with Crippen molar-refractivity contribution in [3.63, 3.8) is 0 Å². The first-order valence-corrected chi connectivity index (χ1v) is 3.74. The molecular weight excluding hydrogens is 168 g/mol. The van der Waals surface area contributed by atoms with Crippen LogP contribution in [0.2, 0.25) is 0 Å². The molecule has 0 saturated carbocycles. The number of carboxylic acid groups (broad SMARTS) is 1. The fourth-order valence-electron chi connectivity index (χ4n) is 0.870. The summed E-state index contributed by atoms with van der Waals surface area (Å²) in [4.78, 5) is 14.3. The molecule has 0 radical (unpaired) electrons. The maximum Gasteiger partial charge on any atom is 0.310 e. The average Bonchev–Trinajstić information content (AvgIpc) is 2.17. The van der Waals surface area contributed by atoms with Crippen molar-refractivity contribution in [2.45, 2.75) is 12.8 Å². The number of hydrogen-bond acceptors (Lipinski definition) is 3. The molecule has 0 aromatic carbocycles. The Bertz CT molecular complexity index is 351. The van der Waals surface area contributed by atoms with Gasteiger partial charge in [0.1, 0.15) is 11.8 Å². The van der Waals surface area contributed by atoms with Crippen LogP contribution in [0.4, 0.5) is 0 Å². The summed E-state index contributed by atoms with van der Waals surface area (Å²) >= 11 is 0. The molecule has 1 N–H and O–H groups in total. The Hall–Kier alpha value is -1.89. The fourth-order valence-corrected chi connectivity index (χ4v) is 0.870. The van der Waals surface area contributed by atoms with Gasteiger partial charge in [-0.1, -0.05) is 6.07 Å². The van der Waals surface area contributed by atoms with Gasteiger partial charge in [0.15, 0.2) is 0 Å². The zero-order valence-corrected chi connectivity index (χ0v) is 7.06. The number of carboxylic acids is 1. The highest BCUT2D eigenvalue weighted by molar-refractivity contribution is 5.75. The summed E-state index contributed by atoms with van der Waals surface area (Å²) in [5.41, 5.74) is 0.896.